The SMILES string of the molecule is C=CC(=O)OCCCCCCCOc1ccc(C(=O)Oc2ccc(OC(=O)c3ccc(OCCCCCCCOC(=O)C=C)cc3)c(C(=O)OCc3ccc(OC(=O)c4ccc(OCCCOC(=O)C=C)cc4)cc3)c2)cc1. The fraction of sp³-hybridized carbons (Fsp3) is 0.295. The highest BCUT2D eigenvalue weighted by atomic mass is 16.6. The van der Waals surface area contributed by atoms with Crippen LogP contribution in [0.5, 0.6) is 34.5 Å². The van der Waals surface area contributed by atoms with Gasteiger partial charge in [0.25, 0.3) is 0 Å². The Bertz CT molecular complexity index is 2760. The van der Waals surface area contributed by atoms with Crippen molar-refractivity contribution in [3.05, 3.63) is 181 Å². The first-order chi connectivity index (χ1) is 37.9. The largest absolute Gasteiger partial charge is 0.494 e. The Morgan fingerprint density at radius 2 is 0.679 bits per heavy atom. The van der Waals surface area contributed by atoms with Crippen molar-refractivity contribution in [1.29, 1.82) is 0 Å². The number of carbonyl (C=O) groups excluding carboxylic acids is 7. The Morgan fingerprint density at radius 1 is 0.333 bits per heavy atom. The maximum absolute atomic E-state index is 13.8. The summed E-state index contributed by atoms with van der Waals surface area (Å²) in [7, 11) is 0. The van der Waals surface area contributed by atoms with Gasteiger partial charge >= 0.3 is 41.8 Å². The molecule has 0 fully saturated rings. The highest BCUT2D eigenvalue weighted by Gasteiger charge is 2.21. The molecule has 0 aliphatic rings. The molecular weight excluding hydrogens is 1000 g/mol. The van der Waals surface area contributed by atoms with Gasteiger partial charge in [0.05, 0.1) is 56.3 Å². The zero-order valence-electron chi connectivity index (χ0n) is 43.5. The minimum atomic E-state index is -0.898. The van der Waals surface area contributed by atoms with Crippen LogP contribution in [0.2, 0.25) is 0 Å². The van der Waals surface area contributed by atoms with E-state index in [1.807, 2.05) is 0 Å². The third kappa shape index (κ3) is 22.1. The summed E-state index contributed by atoms with van der Waals surface area (Å²) < 4.78 is 54.8. The zero-order valence-corrected chi connectivity index (χ0v) is 43.5. The van der Waals surface area contributed by atoms with E-state index in [9.17, 15) is 33.6 Å². The molecule has 0 aliphatic carbocycles. The van der Waals surface area contributed by atoms with Gasteiger partial charge < -0.3 is 47.4 Å². The average Bonchev–Trinajstić information content (AvgIpc) is 3.48. The third-order valence-electron chi connectivity index (χ3n) is 11.3. The van der Waals surface area contributed by atoms with Crippen molar-refractivity contribution in [2.24, 2.45) is 0 Å². The Labute approximate surface area is 453 Å². The quantitative estimate of drug-likeness (QED) is 0.0121. The third-order valence-corrected chi connectivity index (χ3v) is 11.3. The van der Waals surface area contributed by atoms with Crippen LogP contribution in [0.3, 0.4) is 0 Å². The molecule has 17 nitrogen and oxygen atoms in total. The van der Waals surface area contributed by atoms with Gasteiger partial charge in [0.15, 0.2) is 0 Å². The van der Waals surface area contributed by atoms with Crippen LogP contribution in [-0.4, -0.2) is 81.4 Å². The number of benzene rings is 5. The summed E-state index contributed by atoms with van der Waals surface area (Å²) in [6.45, 7) is 12.0. The molecule has 5 aromatic carbocycles. The van der Waals surface area contributed by atoms with E-state index in [1.54, 1.807) is 72.8 Å². The molecule has 17 heteroatoms. The molecule has 0 unspecified atom stereocenters. The van der Waals surface area contributed by atoms with Crippen molar-refractivity contribution in [1.82, 2.24) is 0 Å². The Morgan fingerprint density at radius 3 is 1.12 bits per heavy atom. The minimum absolute atomic E-state index is 0.0291. The molecular formula is C61H64O17. The molecule has 5 aromatic rings. The molecule has 78 heavy (non-hydrogen) atoms. The number of hydrogen-bond donors (Lipinski definition) is 0. The summed E-state index contributed by atoms with van der Waals surface area (Å²) in [5.74, 6) is -2.71. The highest BCUT2D eigenvalue weighted by molar-refractivity contribution is 5.97. The molecule has 0 radical (unpaired) electrons. The lowest BCUT2D eigenvalue weighted by Crippen LogP contribution is -2.14. The fourth-order valence-electron chi connectivity index (χ4n) is 7.05. The smallest absolute Gasteiger partial charge is 0.343 e. The summed E-state index contributed by atoms with van der Waals surface area (Å²) in [5, 5.41) is 0. The maximum Gasteiger partial charge on any atom is 0.343 e. The monoisotopic (exact) mass is 1070 g/mol. The first-order valence-electron chi connectivity index (χ1n) is 25.6. The number of rotatable bonds is 35. The molecule has 0 heterocycles. The van der Waals surface area contributed by atoms with Crippen LogP contribution in [0.4, 0.5) is 0 Å². The molecule has 0 saturated heterocycles. The molecule has 410 valence electrons. The lowest BCUT2D eigenvalue weighted by atomic mass is 10.1. The predicted octanol–water partition coefficient (Wildman–Crippen LogP) is 11.3. The molecule has 0 saturated carbocycles. The van der Waals surface area contributed by atoms with Crippen molar-refractivity contribution < 1.29 is 80.9 Å². The second kappa shape index (κ2) is 33.8. The number of ether oxygens (including phenoxy) is 10. The summed E-state index contributed by atoms with van der Waals surface area (Å²) in [6, 6.07) is 29.3. The van der Waals surface area contributed by atoms with E-state index in [4.69, 9.17) is 47.4 Å². The summed E-state index contributed by atoms with van der Waals surface area (Å²) in [5.41, 5.74) is 0.982. The normalized spacial score (nSPS) is 10.5. The van der Waals surface area contributed by atoms with Crippen LogP contribution in [0.1, 0.15) is 118 Å². The average molecular weight is 1070 g/mol. The van der Waals surface area contributed by atoms with Gasteiger partial charge in [-0.25, -0.2) is 33.6 Å². The standard InChI is InChI=1S/C61H64O17/c1-4-55(62)72-38-15-11-7-9-13-36-69-48-28-22-46(23-29-48)59(66)77-52-34-35-54(78-60(67)47-24-32-49(33-25-47)70-37-14-10-8-12-16-39-73-56(63)5-2)53(42-52)61(68)75-43-44-18-26-51(27-19-44)76-58(65)45-20-30-50(31-21-45)71-40-17-41-74-57(64)6-3/h4-6,18-35,42H,1-3,7-17,36-41,43H2. The second-order valence-corrected chi connectivity index (χ2v) is 17.2. The van der Waals surface area contributed by atoms with Gasteiger partial charge in [-0.3, -0.25) is 0 Å². The van der Waals surface area contributed by atoms with Gasteiger partial charge in [-0.2, -0.15) is 0 Å². The van der Waals surface area contributed by atoms with E-state index in [-0.39, 0.29) is 52.7 Å². The molecule has 0 spiro atoms. The van der Waals surface area contributed by atoms with E-state index in [2.05, 4.69) is 19.7 Å². The van der Waals surface area contributed by atoms with Crippen molar-refractivity contribution >= 4 is 41.8 Å². The molecule has 0 atom stereocenters. The van der Waals surface area contributed by atoms with Crippen LogP contribution in [0.15, 0.2) is 153 Å². The van der Waals surface area contributed by atoms with E-state index < -0.39 is 41.8 Å². The number of hydrogen-bond acceptors (Lipinski definition) is 17. The number of esters is 7. The minimum Gasteiger partial charge on any atom is -0.494 e. The van der Waals surface area contributed by atoms with Crippen LogP contribution in [-0.2, 0) is 39.9 Å². The summed E-state index contributed by atoms with van der Waals surface area (Å²) >= 11 is 0. The van der Waals surface area contributed by atoms with Gasteiger partial charge in [0.2, 0.25) is 0 Å². The molecule has 0 N–H and O–H groups in total. The zero-order chi connectivity index (χ0) is 55.7. The van der Waals surface area contributed by atoms with Crippen LogP contribution >= 0.6 is 0 Å². The van der Waals surface area contributed by atoms with Gasteiger partial charge in [0, 0.05) is 24.6 Å². The van der Waals surface area contributed by atoms with Crippen LogP contribution in [0, 0.1) is 0 Å². The van der Waals surface area contributed by atoms with E-state index in [0.717, 1.165) is 82.4 Å². The first kappa shape index (κ1) is 59.9. The lowest BCUT2D eigenvalue weighted by Gasteiger charge is -2.13. The summed E-state index contributed by atoms with van der Waals surface area (Å²) in [4.78, 5) is 87.0. The number of carbonyl (C=O) groups is 7. The van der Waals surface area contributed by atoms with Gasteiger partial charge in [0.1, 0.15) is 46.7 Å². The molecule has 0 aromatic heterocycles. The highest BCUT2D eigenvalue weighted by Crippen LogP contribution is 2.28. The summed E-state index contributed by atoms with van der Waals surface area (Å²) in [6.07, 6.45) is 12.6. The van der Waals surface area contributed by atoms with Gasteiger partial charge in [-0.15, -0.1) is 0 Å². The predicted molar refractivity (Wildman–Crippen MR) is 287 cm³/mol. The lowest BCUT2D eigenvalue weighted by molar-refractivity contribution is -0.138. The van der Waals surface area contributed by atoms with Crippen molar-refractivity contribution in [2.75, 3.05) is 39.6 Å². The maximum atomic E-state index is 13.8. The van der Waals surface area contributed by atoms with Crippen molar-refractivity contribution in [2.45, 2.75) is 77.2 Å². The van der Waals surface area contributed by atoms with E-state index in [0.29, 0.717) is 62.3 Å². The van der Waals surface area contributed by atoms with Gasteiger partial charge in [-0.05, 0) is 134 Å². The fourth-order valence-corrected chi connectivity index (χ4v) is 7.05. The Balaban J connectivity index is 1.16. The van der Waals surface area contributed by atoms with Crippen molar-refractivity contribution in [3.63, 3.8) is 0 Å². The Kier molecular flexibility index (Phi) is 26.0. The molecule has 5 rings (SSSR count). The van der Waals surface area contributed by atoms with Crippen LogP contribution in [0.25, 0.3) is 0 Å². The first-order valence-corrected chi connectivity index (χ1v) is 25.6. The second-order valence-electron chi connectivity index (χ2n) is 17.2. The van der Waals surface area contributed by atoms with Crippen LogP contribution < -0.4 is 28.4 Å². The van der Waals surface area contributed by atoms with Crippen molar-refractivity contribution in [3.8, 4) is 34.5 Å². The topological polar surface area (TPSA) is 212 Å². The number of unbranched alkanes of at least 4 members (excludes halogenated alkanes) is 8. The molecule has 0 aliphatic heterocycles. The molecule has 0 amide bonds. The molecule has 0 bridgehead atoms. The van der Waals surface area contributed by atoms with E-state index in [1.165, 1.54) is 42.5 Å². The van der Waals surface area contributed by atoms with Gasteiger partial charge in [-0.1, -0.05) is 70.4 Å². The Hall–Kier alpha value is -8.99. The van der Waals surface area contributed by atoms with E-state index >= 15 is 0 Å².